The van der Waals surface area contributed by atoms with Crippen LogP contribution in [-0.2, 0) is 0 Å². The third-order valence-electron chi connectivity index (χ3n) is 4.07. The lowest BCUT2D eigenvalue weighted by atomic mass is 9.94. The smallest absolute Gasteiger partial charge is 0.428 e. The zero-order chi connectivity index (χ0) is 17.7. The van der Waals surface area contributed by atoms with E-state index in [1.165, 1.54) is 12.1 Å². The van der Waals surface area contributed by atoms with E-state index in [0.29, 0.717) is 11.5 Å². The normalized spacial score (nSPS) is 16.8. The number of ether oxygens (including phenoxy) is 1. The Hall–Kier alpha value is -0.760. The number of rotatable bonds is 7. The maximum absolute atomic E-state index is 13.4. The fraction of sp³-hybridized carbons (Fsp3) is 0.647. The van der Waals surface area contributed by atoms with Gasteiger partial charge in [0.25, 0.3) is 0 Å². The van der Waals surface area contributed by atoms with Gasteiger partial charge in [-0.1, -0.05) is 32.0 Å². The average molecular weight is 421 g/mol. The maximum Gasteiger partial charge on any atom is 0.461 e. The second-order valence-corrected chi connectivity index (χ2v) is 6.43. The van der Waals surface area contributed by atoms with Crippen LogP contribution in [0.25, 0.3) is 0 Å². The predicted molar refractivity (Wildman–Crippen MR) is 99.2 cm³/mol. The molecule has 1 heterocycles. The molecule has 1 aromatic rings. The molecule has 1 saturated heterocycles. The minimum Gasteiger partial charge on any atom is -0.428 e. The molecule has 0 radical (unpaired) electrons. The quantitative estimate of drug-likeness (QED) is 0.643. The van der Waals surface area contributed by atoms with E-state index in [2.05, 4.69) is 15.0 Å². The summed E-state index contributed by atoms with van der Waals surface area (Å²) in [5.41, 5.74) is 0.536. The Morgan fingerprint density at radius 1 is 1.12 bits per heavy atom. The van der Waals surface area contributed by atoms with Crippen molar-refractivity contribution >= 4 is 24.8 Å². The first-order valence-electron chi connectivity index (χ1n) is 8.20. The van der Waals surface area contributed by atoms with Crippen molar-refractivity contribution in [2.45, 2.75) is 38.8 Å². The summed E-state index contributed by atoms with van der Waals surface area (Å²) in [4.78, 5) is 2.19. The number of para-hydroxylation sites is 1. The summed E-state index contributed by atoms with van der Waals surface area (Å²) < 4.78 is 56.2. The van der Waals surface area contributed by atoms with E-state index in [-0.39, 0.29) is 36.6 Å². The monoisotopic (exact) mass is 420 g/mol. The van der Waals surface area contributed by atoms with Crippen LogP contribution in [0.2, 0.25) is 0 Å². The summed E-state index contributed by atoms with van der Waals surface area (Å²) in [6, 6.07) is 6.12. The Balaban J connectivity index is 0.00000312. The fourth-order valence-electron chi connectivity index (χ4n) is 2.95. The minimum absolute atomic E-state index is 0. The highest BCUT2D eigenvalue weighted by atomic mass is 35.5. The molecule has 26 heavy (non-hydrogen) atoms. The molecule has 1 aliphatic heterocycles. The van der Waals surface area contributed by atoms with Crippen LogP contribution in [0.3, 0.4) is 0 Å². The van der Waals surface area contributed by atoms with E-state index in [1.54, 1.807) is 12.1 Å². The molecule has 3 nitrogen and oxygen atoms in total. The lowest BCUT2D eigenvalue weighted by molar-refractivity contribution is -0.253. The van der Waals surface area contributed by atoms with E-state index in [1.807, 2.05) is 13.8 Å². The maximum atomic E-state index is 13.4. The van der Waals surface area contributed by atoms with Gasteiger partial charge < -0.3 is 10.1 Å². The van der Waals surface area contributed by atoms with Gasteiger partial charge in [0.15, 0.2) is 0 Å². The van der Waals surface area contributed by atoms with E-state index >= 15 is 0 Å². The lowest BCUT2D eigenvalue weighted by Crippen LogP contribution is -2.45. The van der Waals surface area contributed by atoms with Crippen molar-refractivity contribution in [1.29, 1.82) is 0 Å². The predicted octanol–water partition coefficient (Wildman–Crippen LogP) is 4.76. The number of alkyl halides is 4. The molecular weight excluding hydrogens is 395 g/mol. The van der Waals surface area contributed by atoms with E-state index in [9.17, 15) is 17.6 Å². The molecule has 1 aromatic carbocycles. The van der Waals surface area contributed by atoms with Crippen molar-refractivity contribution < 1.29 is 22.3 Å². The van der Waals surface area contributed by atoms with Gasteiger partial charge in [0.1, 0.15) is 5.75 Å². The van der Waals surface area contributed by atoms with Crippen LogP contribution in [0.5, 0.6) is 5.75 Å². The van der Waals surface area contributed by atoms with Crippen LogP contribution in [0.4, 0.5) is 17.6 Å². The molecule has 1 atom stereocenters. The van der Waals surface area contributed by atoms with Gasteiger partial charge >= 0.3 is 12.5 Å². The van der Waals surface area contributed by atoms with Crippen LogP contribution in [0, 0.1) is 5.92 Å². The second kappa shape index (κ2) is 11.2. The van der Waals surface area contributed by atoms with Crippen LogP contribution in [0.1, 0.15) is 31.9 Å². The molecule has 0 amide bonds. The van der Waals surface area contributed by atoms with Crippen LogP contribution in [0.15, 0.2) is 24.3 Å². The summed E-state index contributed by atoms with van der Waals surface area (Å²) in [5, 5.41) is 3.25. The van der Waals surface area contributed by atoms with Crippen molar-refractivity contribution in [3.8, 4) is 5.75 Å². The van der Waals surface area contributed by atoms with Gasteiger partial charge in [-0.25, -0.2) is 0 Å². The Kier molecular flexibility index (Phi) is 10.8. The van der Waals surface area contributed by atoms with Gasteiger partial charge in [0.2, 0.25) is 0 Å². The van der Waals surface area contributed by atoms with Crippen molar-refractivity contribution in [2.24, 2.45) is 5.92 Å². The zero-order valence-corrected chi connectivity index (χ0v) is 16.4. The zero-order valence-electron chi connectivity index (χ0n) is 14.8. The summed E-state index contributed by atoms with van der Waals surface area (Å²) in [7, 11) is 0. The van der Waals surface area contributed by atoms with E-state index in [4.69, 9.17) is 0 Å². The third kappa shape index (κ3) is 6.76. The first kappa shape index (κ1) is 25.2. The number of halogens is 6. The van der Waals surface area contributed by atoms with Gasteiger partial charge in [-0.05, 0) is 18.4 Å². The fourth-order valence-corrected chi connectivity index (χ4v) is 2.95. The van der Waals surface area contributed by atoms with Crippen LogP contribution in [-0.4, -0.2) is 43.6 Å². The van der Waals surface area contributed by atoms with Gasteiger partial charge in [0, 0.05) is 37.8 Å². The van der Waals surface area contributed by atoms with Gasteiger partial charge in [0.05, 0.1) is 0 Å². The standard InChI is InChI=1S/C17H24F4N2O.2ClH/c1-12(2)11-14(23-9-7-22-8-10-23)13-5-3-4-6-15(13)24-17(20,21)16(18)19;;/h3-6,12,14,16,22H,7-11H2,1-2H3;2*1H/t14-;;/m0../s1. The molecule has 0 aromatic heterocycles. The molecule has 1 aliphatic rings. The molecule has 0 aliphatic carbocycles. The molecular formula is C17H26Cl2F4N2O. The molecule has 2 rings (SSSR count). The van der Waals surface area contributed by atoms with E-state index < -0.39 is 12.5 Å². The molecule has 0 bridgehead atoms. The summed E-state index contributed by atoms with van der Waals surface area (Å²) in [6.45, 7) is 7.27. The Morgan fingerprint density at radius 2 is 1.69 bits per heavy atom. The summed E-state index contributed by atoms with van der Waals surface area (Å²) in [5.74, 6) is 0.153. The number of hydrogen-bond acceptors (Lipinski definition) is 3. The molecule has 152 valence electrons. The van der Waals surface area contributed by atoms with Crippen LogP contribution < -0.4 is 10.1 Å². The highest BCUT2D eigenvalue weighted by Gasteiger charge is 2.44. The second-order valence-electron chi connectivity index (χ2n) is 6.43. The molecule has 0 saturated carbocycles. The highest BCUT2D eigenvalue weighted by molar-refractivity contribution is 5.85. The van der Waals surface area contributed by atoms with Crippen molar-refractivity contribution in [3.63, 3.8) is 0 Å². The largest absolute Gasteiger partial charge is 0.461 e. The molecule has 1 N–H and O–H groups in total. The first-order valence-corrected chi connectivity index (χ1v) is 8.20. The van der Waals surface area contributed by atoms with Gasteiger partial charge in [-0.2, -0.15) is 17.6 Å². The highest BCUT2D eigenvalue weighted by Crippen LogP contribution is 2.37. The number of hydrogen-bond donors (Lipinski definition) is 1. The first-order chi connectivity index (χ1) is 11.3. The van der Waals surface area contributed by atoms with Crippen LogP contribution >= 0.6 is 24.8 Å². The number of nitrogens with zero attached hydrogens (tertiary/aromatic N) is 1. The topological polar surface area (TPSA) is 24.5 Å². The van der Waals surface area contributed by atoms with Crippen molar-refractivity contribution in [3.05, 3.63) is 29.8 Å². The molecule has 0 unspecified atom stereocenters. The van der Waals surface area contributed by atoms with Gasteiger partial charge in [-0.15, -0.1) is 24.8 Å². The number of nitrogens with one attached hydrogen (secondary N) is 1. The molecule has 1 fully saturated rings. The lowest BCUT2D eigenvalue weighted by Gasteiger charge is -2.37. The Bertz CT molecular complexity index is 529. The van der Waals surface area contributed by atoms with Crippen molar-refractivity contribution in [2.75, 3.05) is 26.2 Å². The van der Waals surface area contributed by atoms with E-state index in [0.717, 1.165) is 32.6 Å². The van der Waals surface area contributed by atoms with Gasteiger partial charge in [-0.3, -0.25) is 4.90 Å². The number of piperazine rings is 1. The SMILES string of the molecule is CC(C)C[C@@H](c1ccccc1OC(F)(F)C(F)F)N1CCNCC1.Cl.Cl. The number of benzene rings is 1. The summed E-state index contributed by atoms with van der Waals surface area (Å²) >= 11 is 0. The minimum atomic E-state index is -4.50. The van der Waals surface area contributed by atoms with Crippen molar-refractivity contribution in [1.82, 2.24) is 10.2 Å². The Labute approximate surface area is 164 Å². The average Bonchev–Trinajstić information content (AvgIpc) is 2.53. The molecule has 9 heteroatoms. The Morgan fingerprint density at radius 3 is 2.23 bits per heavy atom. The summed E-state index contributed by atoms with van der Waals surface area (Å²) in [6.07, 6.45) is -7.63. The third-order valence-corrected chi connectivity index (χ3v) is 4.07. The molecule has 0 spiro atoms.